The molecular weight excluding hydrogens is 489 g/mol. The highest BCUT2D eigenvalue weighted by molar-refractivity contribution is 14.0. The summed E-state index contributed by atoms with van der Waals surface area (Å²) >= 11 is 3.50. The van der Waals surface area contributed by atoms with Crippen molar-refractivity contribution in [1.82, 2.24) is 10.6 Å². The Labute approximate surface area is 169 Å². The highest BCUT2D eigenvalue weighted by Crippen LogP contribution is 2.36. The number of nitrogens with one attached hydrogen (secondary N) is 2. The summed E-state index contributed by atoms with van der Waals surface area (Å²) in [6, 6.07) is 3.92. The van der Waals surface area contributed by atoms with Crippen LogP contribution in [0.4, 0.5) is 0 Å². The van der Waals surface area contributed by atoms with Crippen molar-refractivity contribution in [2.24, 2.45) is 4.99 Å². The third-order valence-electron chi connectivity index (χ3n) is 3.08. The average Bonchev–Trinajstić information content (AvgIpc) is 2.55. The summed E-state index contributed by atoms with van der Waals surface area (Å²) in [4.78, 5) is 4.59. The smallest absolute Gasteiger partial charge is 0.191 e. The number of methoxy groups -OCH3 is 3. The van der Waals surface area contributed by atoms with E-state index >= 15 is 0 Å². The van der Waals surface area contributed by atoms with Gasteiger partial charge in [0, 0.05) is 26.8 Å². The second-order valence-electron chi connectivity index (χ2n) is 4.78. The molecule has 138 valence electrons. The number of hydrogen-bond donors (Lipinski definition) is 2. The van der Waals surface area contributed by atoms with E-state index in [0.29, 0.717) is 18.0 Å². The van der Waals surface area contributed by atoms with Gasteiger partial charge in [0.15, 0.2) is 17.5 Å². The van der Waals surface area contributed by atoms with Crippen LogP contribution in [0.25, 0.3) is 0 Å². The maximum atomic E-state index is 5.36. The van der Waals surface area contributed by atoms with Crippen molar-refractivity contribution in [2.75, 3.05) is 41.0 Å². The summed E-state index contributed by atoms with van der Waals surface area (Å²) in [7, 11) is 4.95. The van der Waals surface area contributed by atoms with E-state index < -0.39 is 0 Å². The van der Waals surface area contributed by atoms with E-state index in [1.165, 1.54) is 0 Å². The van der Waals surface area contributed by atoms with Crippen LogP contribution < -0.4 is 20.1 Å². The lowest BCUT2D eigenvalue weighted by molar-refractivity contribution is 0.195. The minimum atomic E-state index is 0. The number of aliphatic imine (C=N–C) groups is 1. The first kappa shape index (κ1) is 23.3. The van der Waals surface area contributed by atoms with Crippen molar-refractivity contribution < 1.29 is 14.2 Å². The lowest BCUT2D eigenvalue weighted by Crippen LogP contribution is -2.38. The molecule has 0 saturated carbocycles. The normalized spacial score (nSPS) is 10.8. The molecule has 0 fully saturated rings. The first-order chi connectivity index (χ1) is 11.2. The summed E-state index contributed by atoms with van der Waals surface area (Å²) in [5.41, 5.74) is 1.03. The van der Waals surface area contributed by atoms with E-state index in [1.807, 2.05) is 19.1 Å². The number of rotatable bonds is 9. The molecule has 0 bridgehead atoms. The van der Waals surface area contributed by atoms with Gasteiger partial charge >= 0.3 is 0 Å². The Morgan fingerprint density at radius 3 is 2.50 bits per heavy atom. The zero-order valence-corrected chi connectivity index (χ0v) is 18.6. The van der Waals surface area contributed by atoms with E-state index in [9.17, 15) is 0 Å². The van der Waals surface area contributed by atoms with Crippen LogP contribution in [-0.2, 0) is 11.3 Å². The van der Waals surface area contributed by atoms with Crippen molar-refractivity contribution in [1.29, 1.82) is 0 Å². The fourth-order valence-corrected chi connectivity index (χ4v) is 2.65. The zero-order valence-electron chi connectivity index (χ0n) is 14.6. The number of guanidine groups is 1. The average molecular weight is 516 g/mol. The minimum absolute atomic E-state index is 0. The van der Waals surface area contributed by atoms with Gasteiger partial charge in [0.2, 0.25) is 0 Å². The standard InChI is InChI=1S/C16H26BrN3O3.HI/c1-5-18-16(19-7-6-8-21-2)20-11-12-9-13(17)15(23-4)14(10-12)22-3;/h9-10H,5-8,11H2,1-4H3,(H2,18,19,20);1H. The van der Waals surface area contributed by atoms with Crippen LogP contribution in [0, 0.1) is 0 Å². The van der Waals surface area contributed by atoms with E-state index in [1.54, 1.807) is 21.3 Å². The number of benzene rings is 1. The van der Waals surface area contributed by atoms with Crippen LogP contribution >= 0.6 is 39.9 Å². The molecule has 0 unspecified atom stereocenters. The number of hydrogen-bond acceptors (Lipinski definition) is 4. The molecule has 2 N–H and O–H groups in total. The Morgan fingerprint density at radius 2 is 1.92 bits per heavy atom. The Balaban J connectivity index is 0.00000529. The first-order valence-corrected chi connectivity index (χ1v) is 8.37. The predicted octanol–water partition coefficient (Wildman–Crippen LogP) is 3.18. The fourth-order valence-electron chi connectivity index (χ4n) is 2.00. The van der Waals surface area contributed by atoms with Gasteiger partial charge in [-0.05, 0) is 47.0 Å². The second kappa shape index (κ2) is 13.5. The van der Waals surface area contributed by atoms with Crippen molar-refractivity contribution >= 4 is 45.9 Å². The van der Waals surface area contributed by atoms with Gasteiger partial charge in [0.05, 0.1) is 25.2 Å². The Hall–Kier alpha value is -0.740. The quantitative estimate of drug-likeness (QED) is 0.229. The van der Waals surface area contributed by atoms with Crippen LogP contribution in [0.2, 0.25) is 0 Å². The maximum absolute atomic E-state index is 5.36. The first-order valence-electron chi connectivity index (χ1n) is 7.57. The van der Waals surface area contributed by atoms with E-state index in [-0.39, 0.29) is 24.0 Å². The monoisotopic (exact) mass is 515 g/mol. The summed E-state index contributed by atoms with van der Waals surface area (Å²) < 4.78 is 16.6. The molecule has 0 atom stereocenters. The van der Waals surface area contributed by atoms with Crippen LogP contribution in [0.15, 0.2) is 21.6 Å². The van der Waals surface area contributed by atoms with Gasteiger partial charge in [-0.1, -0.05) is 0 Å². The minimum Gasteiger partial charge on any atom is -0.493 e. The van der Waals surface area contributed by atoms with Crippen molar-refractivity contribution in [2.45, 2.75) is 19.9 Å². The van der Waals surface area contributed by atoms with Gasteiger partial charge in [-0.15, -0.1) is 24.0 Å². The van der Waals surface area contributed by atoms with Gasteiger partial charge in [-0.25, -0.2) is 4.99 Å². The molecule has 1 aromatic carbocycles. The second-order valence-corrected chi connectivity index (χ2v) is 5.64. The lowest BCUT2D eigenvalue weighted by Gasteiger charge is -2.13. The van der Waals surface area contributed by atoms with E-state index in [4.69, 9.17) is 14.2 Å². The van der Waals surface area contributed by atoms with Crippen LogP contribution in [0.1, 0.15) is 18.9 Å². The molecule has 1 aromatic rings. The van der Waals surface area contributed by atoms with Crippen molar-refractivity contribution in [3.8, 4) is 11.5 Å². The molecule has 1 rings (SSSR count). The zero-order chi connectivity index (χ0) is 17.1. The SMILES string of the molecule is CCNC(=NCc1cc(Br)c(OC)c(OC)c1)NCCCOC.I. The number of nitrogens with zero attached hydrogens (tertiary/aromatic N) is 1. The highest BCUT2D eigenvalue weighted by Gasteiger charge is 2.10. The highest BCUT2D eigenvalue weighted by atomic mass is 127. The van der Waals surface area contributed by atoms with E-state index in [0.717, 1.165) is 42.1 Å². The van der Waals surface area contributed by atoms with Gasteiger partial charge in [0.1, 0.15) is 0 Å². The molecule has 0 aliphatic rings. The molecule has 0 amide bonds. The molecule has 0 aromatic heterocycles. The van der Waals surface area contributed by atoms with Crippen LogP contribution in [0.3, 0.4) is 0 Å². The van der Waals surface area contributed by atoms with E-state index in [2.05, 4.69) is 31.6 Å². The third kappa shape index (κ3) is 7.89. The molecule has 24 heavy (non-hydrogen) atoms. The van der Waals surface area contributed by atoms with Crippen LogP contribution in [0.5, 0.6) is 11.5 Å². The van der Waals surface area contributed by atoms with Gasteiger partial charge in [-0.3, -0.25) is 0 Å². The van der Waals surface area contributed by atoms with Crippen LogP contribution in [-0.4, -0.2) is 47.0 Å². The van der Waals surface area contributed by atoms with Crippen molar-refractivity contribution in [3.63, 3.8) is 0 Å². The number of ether oxygens (including phenoxy) is 3. The molecule has 6 nitrogen and oxygen atoms in total. The summed E-state index contributed by atoms with van der Waals surface area (Å²) in [5.74, 6) is 2.16. The molecule has 0 radical (unpaired) electrons. The number of halogens is 2. The summed E-state index contributed by atoms with van der Waals surface area (Å²) in [6.45, 7) is 4.94. The summed E-state index contributed by atoms with van der Waals surface area (Å²) in [5, 5.41) is 6.51. The lowest BCUT2D eigenvalue weighted by atomic mass is 10.2. The fraction of sp³-hybridized carbons (Fsp3) is 0.562. The molecule has 0 heterocycles. The van der Waals surface area contributed by atoms with Gasteiger partial charge in [-0.2, -0.15) is 0 Å². The van der Waals surface area contributed by atoms with Gasteiger partial charge in [0.25, 0.3) is 0 Å². The Bertz CT molecular complexity index is 516. The molecule has 0 spiro atoms. The largest absolute Gasteiger partial charge is 0.493 e. The molecule has 0 aliphatic heterocycles. The molecular formula is C16H27BrIN3O3. The third-order valence-corrected chi connectivity index (χ3v) is 3.66. The molecule has 0 saturated heterocycles. The van der Waals surface area contributed by atoms with Gasteiger partial charge < -0.3 is 24.8 Å². The maximum Gasteiger partial charge on any atom is 0.191 e. The summed E-state index contributed by atoms with van der Waals surface area (Å²) in [6.07, 6.45) is 0.933. The molecule has 0 aliphatic carbocycles. The molecule has 8 heteroatoms. The topological polar surface area (TPSA) is 64.1 Å². The predicted molar refractivity (Wildman–Crippen MR) is 112 cm³/mol. The Kier molecular flexibility index (Phi) is 13.1. The Morgan fingerprint density at radius 1 is 1.17 bits per heavy atom. The van der Waals surface area contributed by atoms with Crippen molar-refractivity contribution in [3.05, 3.63) is 22.2 Å².